The highest BCUT2D eigenvalue weighted by molar-refractivity contribution is 7.81. The molecule has 1 aromatic carbocycles. The quantitative estimate of drug-likeness (QED) is 0.206. The molecule has 1 aliphatic carbocycles. The molecular weight excluding hydrogens is 457 g/mol. The number of hydroxylamine groups is 1. The van der Waals surface area contributed by atoms with E-state index in [1.807, 2.05) is 6.08 Å². The lowest BCUT2D eigenvalue weighted by molar-refractivity contribution is -0.129. The van der Waals surface area contributed by atoms with Gasteiger partial charge in [-0.3, -0.25) is 19.7 Å². The maximum absolute atomic E-state index is 14.7. The van der Waals surface area contributed by atoms with E-state index >= 15 is 0 Å². The first-order valence-corrected chi connectivity index (χ1v) is 12.2. The molecule has 1 saturated carbocycles. The van der Waals surface area contributed by atoms with Crippen molar-refractivity contribution in [2.24, 2.45) is 5.92 Å². The number of benzene rings is 1. The minimum absolute atomic E-state index is 0.0179. The Morgan fingerprint density at radius 1 is 1.26 bits per heavy atom. The zero-order valence-electron chi connectivity index (χ0n) is 18.9. The van der Waals surface area contributed by atoms with Gasteiger partial charge in [0.05, 0.1) is 17.9 Å². The molecule has 1 aliphatic heterocycles. The predicted molar refractivity (Wildman–Crippen MR) is 128 cm³/mol. The second kappa shape index (κ2) is 11.2. The van der Waals surface area contributed by atoms with Crippen molar-refractivity contribution in [2.45, 2.75) is 56.4 Å². The van der Waals surface area contributed by atoms with Crippen molar-refractivity contribution in [2.75, 3.05) is 13.1 Å². The van der Waals surface area contributed by atoms with Crippen LogP contribution >= 0.6 is 12.6 Å². The molecule has 4 rings (SSSR count). The molecule has 2 heterocycles. The fourth-order valence-corrected chi connectivity index (χ4v) is 4.69. The van der Waals surface area contributed by atoms with E-state index in [2.05, 4.69) is 15.2 Å². The lowest BCUT2D eigenvalue weighted by Gasteiger charge is -2.37. The number of Topliss-reactive ketones (excluding diaryl/α,β-unsaturated/α-hetero) is 1. The largest absolute Gasteiger partial charge is 0.297 e. The lowest BCUT2D eigenvalue weighted by atomic mass is 9.93. The van der Waals surface area contributed by atoms with Gasteiger partial charge in [0.15, 0.2) is 5.78 Å². The number of nitrogens with zero attached hydrogens (tertiary/aromatic N) is 4. The molecule has 2 N–H and O–H groups in total. The number of likely N-dealkylation sites (tertiary alicyclic amines) is 1. The van der Waals surface area contributed by atoms with Crippen molar-refractivity contribution in [3.63, 3.8) is 0 Å². The highest BCUT2D eigenvalue weighted by Gasteiger charge is 2.40. The van der Waals surface area contributed by atoms with Crippen molar-refractivity contribution in [1.29, 1.82) is 0 Å². The maximum Gasteiger partial charge on any atom is 0.243 e. The summed E-state index contributed by atoms with van der Waals surface area (Å²) in [4.78, 5) is 26.5. The Morgan fingerprint density at radius 2 is 2.06 bits per heavy atom. The van der Waals surface area contributed by atoms with E-state index in [0.717, 1.165) is 30.5 Å². The predicted octanol–water partition coefficient (Wildman–Crippen LogP) is 3.20. The maximum atomic E-state index is 14.7. The molecule has 1 aromatic heterocycles. The van der Waals surface area contributed by atoms with Gasteiger partial charge < -0.3 is 0 Å². The van der Waals surface area contributed by atoms with E-state index in [4.69, 9.17) is 17.8 Å². The summed E-state index contributed by atoms with van der Waals surface area (Å²) < 4.78 is 16.5. The Kier molecular flexibility index (Phi) is 8.12. The highest BCUT2D eigenvalue weighted by Crippen LogP contribution is 2.39. The minimum Gasteiger partial charge on any atom is -0.297 e. The van der Waals surface area contributed by atoms with Gasteiger partial charge in [0, 0.05) is 42.8 Å². The summed E-state index contributed by atoms with van der Waals surface area (Å²) in [5.74, 6) is -0.645. The third kappa shape index (κ3) is 5.92. The highest BCUT2D eigenvalue weighted by atomic mass is 32.1. The Morgan fingerprint density at radius 3 is 2.79 bits per heavy atom. The van der Waals surface area contributed by atoms with Crippen molar-refractivity contribution in [3.05, 3.63) is 53.1 Å². The van der Waals surface area contributed by atoms with Gasteiger partial charge in [-0.25, -0.2) is 14.6 Å². The Bertz CT molecular complexity index is 1050. The van der Waals surface area contributed by atoms with E-state index in [1.54, 1.807) is 34.6 Å². The van der Waals surface area contributed by atoms with Crippen LogP contribution in [0.4, 0.5) is 4.39 Å². The number of hydrogen-bond donors (Lipinski definition) is 3. The Balaban J connectivity index is 1.50. The van der Waals surface area contributed by atoms with E-state index in [-0.39, 0.29) is 29.2 Å². The average Bonchev–Trinajstić information content (AvgIpc) is 3.60. The van der Waals surface area contributed by atoms with Crippen LogP contribution in [0.25, 0.3) is 6.08 Å². The Hall–Kier alpha value is -2.56. The van der Waals surface area contributed by atoms with Gasteiger partial charge in [0.25, 0.3) is 0 Å². The third-order valence-electron chi connectivity index (χ3n) is 6.45. The number of hydrogen-bond acceptors (Lipinski definition) is 7. The topological polar surface area (TPSA) is 100 Å². The first kappa shape index (κ1) is 24.6. The van der Waals surface area contributed by atoms with Gasteiger partial charge in [-0.15, -0.1) is 5.10 Å². The summed E-state index contributed by atoms with van der Waals surface area (Å²) in [7, 11) is 0. The van der Waals surface area contributed by atoms with Gasteiger partial charge in [-0.05, 0) is 49.8 Å². The van der Waals surface area contributed by atoms with Crippen LogP contribution < -0.4 is 5.48 Å². The monoisotopic (exact) mass is 487 g/mol. The number of aryl methyl sites for hydroxylation is 1. The summed E-state index contributed by atoms with van der Waals surface area (Å²) in [5, 5.41) is 16.8. The normalized spacial score (nSPS) is 20.9. The summed E-state index contributed by atoms with van der Waals surface area (Å²) in [6.07, 6.45) is 7.73. The smallest absolute Gasteiger partial charge is 0.243 e. The molecule has 0 spiro atoms. The van der Waals surface area contributed by atoms with Crippen LogP contribution in [0.5, 0.6) is 0 Å². The molecule has 0 radical (unpaired) electrons. The van der Waals surface area contributed by atoms with Crippen molar-refractivity contribution < 1.29 is 19.2 Å². The van der Waals surface area contributed by atoms with Crippen LogP contribution in [0, 0.1) is 11.7 Å². The third-order valence-corrected chi connectivity index (χ3v) is 7.04. The second-order valence-corrected chi connectivity index (χ2v) is 9.59. The van der Waals surface area contributed by atoms with Crippen LogP contribution in [-0.4, -0.2) is 55.1 Å². The zero-order chi connectivity index (χ0) is 24.1. The summed E-state index contributed by atoms with van der Waals surface area (Å²) in [5.41, 5.74) is 3.92. The molecular formula is C24H30FN5O3S. The summed E-state index contributed by atoms with van der Waals surface area (Å²) >= 11 is 4.77. The van der Waals surface area contributed by atoms with Crippen molar-refractivity contribution in [1.82, 2.24) is 25.4 Å². The first-order chi connectivity index (χ1) is 16.5. The van der Waals surface area contributed by atoms with Crippen molar-refractivity contribution in [3.8, 4) is 0 Å². The van der Waals surface area contributed by atoms with Gasteiger partial charge in [0.1, 0.15) is 5.82 Å². The minimum atomic E-state index is -0.598. The van der Waals surface area contributed by atoms with Crippen LogP contribution in [0.3, 0.4) is 0 Å². The van der Waals surface area contributed by atoms with E-state index < -0.39 is 11.9 Å². The van der Waals surface area contributed by atoms with Gasteiger partial charge in [-0.1, -0.05) is 23.4 Å². The molecule has 10 heteroatoms. The number of carbonyl (C=O) groups excluding carboxylic acids is 2. The number of piperidine rings is 1. The SMILES string of the molecule is O=C(CCCCn1nncc1/C=C1\CN(C(C(=O)C2CC2)c2ccccc2F)CCC1S)NO. The standard InChI is InChI=1S/C24H30FN5O3S/c25-20-6-2-1-5-19(20)23(24(32)16-8-9-16)29-12-10-21(34)17(15-29)13-18-14-26-28-30(18)11-4-3-7-22(31)27-33/h1-2,5-6,13-14,16,21,23,33-34H,3-4,7-12,15H2,(H,27,31)/b17-13+. The molecule has 34 heavy (non-hydrogen) atoms. The zero-order valence-corrected chi connectivity index (χ0v) is 19.8. The molecule has 2 fully saturated rings. The number of thiol groups is 1. The lowest BCUT2D eigenvalue weighted by Crippen LogP contribution is -2.42. The molecule has 1 amide bonds. The number of aromatic nitrogens is 3. The molecule has 2 unspecified atom stereocenters. The molecule has 0 bridgehead atoms. The second-order valence-electron chi connectivity index (χ2n) is 8.97. The number of unbranched alkanes of at least 4 members (excludes halogenated alkanes) is 1. The van der Waals surface area contributed by atoms with Crippen LogP contribution in [-0.2, 0) is 16.1 Å². The molecule has 182 valence electrons. The number of rotatable bonds is 10. The molecule has 8 nitrogen and oxygen atoms in total. The number of carbonyl (C=O) groups is 2. The van der Waals surface area contributed by atoms with Crippen LogP contribution in [0.2, 0.25) is 0 Å². The fraction of sp³-hybridized carbons (Fsp3) is 0.500. The molecule has 2 aromatic rings. The summed E-state index contributed by atoms with van der Waals surface area (Å²) in [6, 6.07) is 5.96. The van der Waals surface area contributed by atoms with Crippen molar-refractivity contribution >= 4 is 30.4 Å². The van der Waals surface area contributed by atoms with Gasteiger partial charge in [0.2, 0.25) is 5.91 Å². The van der Waals surface area contributed by atoms with E-state index in [9.17, 15) is 14.0 Å². The Labute approximate surface area is 203 Å². The van der Waals surface area contributed by atoms with Crippen LogP contribution in [0.1, 0.15) is 55.8 Å². The molecule has 1 saturated heterocycles. The fourth-order valence-electron chi connectivity index (χ4n) is 4.42. The number of nitrogens with one attached hydrogen (secondary N) is 1. The molecule has 2 atom stereocenters. The number of ketones is 1. The van der Waals surface area contributed by atoms with Gasteiger partial charge in [-0.2, -0.15) is 12.6 Å². The van der Waals surface area contributed by atoms with Crippen LogP contribution in [0.15, 0.2) is 36.0 Å². The number of halogens is 1. The van der Waals surface area contributed by atoms with E-state index in [1.165, 1.54) is 6.07 Å². The molecule has 2 aliphatic rings. The average molecular weight is 488 g/mol. The summed E-state index contributed by atoms with van der Waals surface area (Å²) in [6.45, 7) is 1.75. The van der Waals surface area contributed by atoms with E-state index in [0.29, 0.717) is 38.0 Å². The first-order valence-electron chi connectivity index (χ1n) is 11.7. The number of amides is 1. The van der Waals surface area contributed by atoms with Gasteiger partial charge >= 0.3 is 0 Å².